The quantitative estimate of drug-likeness (QED) is 0.209. The van der Waals surface area contributed by atoms with Crippen LogP contribution in [0.2, 0.25) is 0 Å². The Bertz CT molecular complexity index is 30.0. The Balaban J connectivity index is 2.63. The van der Waals surface area contributed by atoms with Gasteiger partial charge in [-0.1, -0.05) is 0 Å². The van der Waals surface area contributed by atoms with Gasteiger partial charge in [0.1, 0.15) is 0 Å². The Morgan fingerprint density at radius 3 is 2.17 bits per heavy atom. The molecule has 0 atom stereocenters. The van der Waals surface area contributed by atoms with Crippen LogP contribution in [0.4, 0.5) is 0 Å². The number of hydrogen-bond donors (Lipinski definition) is 2. The second-order valence-electron chi connectivity index (χ2n) is 0.866. The van der Waals surface area contributed by atoms with Crippen molar-refractivity contribution in [1.29, 1.82) is 0 Å². The van der Waals surface area contributed by atoms with Crippen LogP contribution in [-0.2, 0) is 0 Å². The molecule has 0 aromatic carbocycles. The molecular formula is C3H10IN2-. The van der Waals surface area contributed by atoms with E-state index in [0.717, 1.165) is 0 Å². The Hall–Kier alpha value is 0.650. The number of alkyl halides is 2. The molecule has 0 aliphatic rings. The molecular weight excluding hydrogens is 191 g/mol. The summed E-state index contributed by atoms with van der Waals surface area (Å²) in [6, 6.07) is 0. The van der Waals surface area contributed by atoms with Gasteiger partial charge in [-0.05, 0) is 0 Å². The molecule has 0 rings (SSSR count). The predicted octanol–water partition coefficient (Wildman–Crippen LogP) is -3.70. The molecule has 6 heavy (non-hydrogen) atoms. The fourth-order valence-electron chi connectivity index (χ4n) is 0.178. The molecule has 3 heteroatoms. The number of rotatable bonds is 2. The molecule has 0 saturated carbocycles. The Morgan fingerprint density at radius 2 is 2.17 bits per heavy atom. The first-order chi connectivity index (χ1) is 2.77. The molecule has 0 saturated heterocycles. The van der Waals surface area contributed by atoms with Crippen LogP contribution in [0.15, 0.2) is 0 Å². The van der Waals surface area contributed by atoms with E-state index in [2.05, 4.69) is 6.92 Å². The standard InChI is InChI=1S/C3H10IN2/c1-2-4-3(5)6/h3H,2,5-6H2,1H3/q-1. The molecule has 0 amide bonds. The van der Waals surface area contributed by atoms with Crippen LogP contribution in [0.3, 0.4) is 0 Å². The zero-order valence-corrected chi connectivity index (χ0v) is 5.97. The first kappa shape index (κ1) is 6.65. The molecule has 0 heterocycles. The third-order valence-corrected chi connectivity index (χ3v) is 2.23. The minimum atomic E-state index is 0.00815. The fraction of sp³-hybridized carbons (Fsp3) is 1.00. The van der Waals surface area contributed by atoms with Gasteiger partial charge in [0.15, 0.2) is 0 Å². The summed E-state index contributed by atoms with van der Waals surface area (Å²) in [6.45, 7) is 2.11. The van der Waals surface area contributed by atoms with E-state index in [1.165, 1.54) is 4.43 Å². The van der Waals surface area contributed by atoms with Gasteiger partial charge in [0, 0.05) is 0 Å². The molecule has 0 aliphatic carbocycles. The molecule has 0 radical (unpaired) electrons. The molecule has 0 unspecified atom stereocenters. The van der Waals surface area contributed by atoms with Crippen LogP contribution in [0.25, 0.3) is 0 Å². The minimum absolute atomic E-state index is 0.00815. The van der Waals surface area contributed by atoms with E-state index in [1.807, 2.05) is 0 Å². The topological polar surface area (TPSA) is 52.0 Å². The molecule has 0 aromatic heterocycles. The maximum atomic E-state index is 5.23. The van der Waals surface area contributed by atoms with E-state index in [0.29, 0.717) is 0 Å². The van der Waals surface area contributed by atoms with Crippen LogP contribution in [0, 0.1) is 0 Å². The van der Waals surface area contributed by atoms with Crippen LogP contribution in [0.1, 0.15) is 6.92 Å². The fourth-order valence-corrected chi connectivity index (χ4v) is 1.20. The van der Waals surface area contributed by atoms with Crippen molar-refractivity contribution in [2.24, 2.45) is 11.5 Å². The zero-order chi connectivity index (χ0) is 4.99. The average molecular weight is 201 g/mol. The zero-order valence-electron chi connectivity index (χ0n) is 3.82. The maximum absolute atomic E-state index is 5.23. The van der Waals surface area contributed by atoms with Gasteiger partial charge in [-0.25, -0.2) is 0 Å². The van der Waals surface area contributed by atoms with Gasteiger partial charge in [0.25, 0.3) is 0 Å². The molecule has 4 N–H and O–H groups in total. The molecule has 0 spiro atoms. The Morgan fingerprint density at radius 1 is 1.67 bits per heavy atom. The molecule has 0 bridgehead atoms. The van der Waals surface area contributed by atoms with Crippen LogP contribution in [-0.4, -0.2) is 8.60 Å². The van der Waals surface area contributed by atoms with Gasteiger partial charge in [-0.3, -0.25) is 0 Å². The van der Waals surface area contributed by atoms with E-state index in [9.17, 15) is 0 Å². The van der Waals surface area contributed by atoms with Gasteiger partial charge >= 0.3 is 48.2 Å². The van der Waals surface area contributed by atoms with E-state index in [4.69, 9.17) is 11.5 Å². The van der Waals surface area contributed by atoms with Crippen LogP contribution in [0.5, 0.6) is 0 Å². The van der Waals surface area contributed by atoms with Crippen molar-refractivity contribution in [2.75, 3.05) is 4.43 Å². The van der Waals surface area contributed by atoms with Crippen molar-refractivity contribution in [3.05, 3.63) is 0 Å². The monoisotopic (exact) mass is 201 g/mol. The number of halogens is 1. The number of hydrogen-bond acceptors (Lipinski definition) is 2. The third-order valence-electron chi connectivity index (χ3n) is 0.332. The molecule has 40 valence electrons. The summed E-state index contributed by atoms with van der Waals surface area (Å²) in [5.41, 5.74) is 10.5. The van der Waals surface area contributed by atoms with E-state index < -0.39 is 0 Å². The van der Waals surface area contributed by atoms with E-state index in [-0.39, 0.29) is 25.4 Å². The summed E-state index contributed by atoms with van der Waals surface area (Å²) < 4.78 is 1.20. The van der Waals surface area contributed by atoms with Crippen molar-refractivity contribution < 1.29 is 21.2 Å². The molecule has 0 aliphatic heterocycles. The first-order valence-corrected chi connectivity index (χ1v) is 4.63. The van der Waals surface area contributed by atoms with E-state index >= 15 is 0 Å². The first-order valence-electron chi connectivity index (χ1n) is 1.86. The van der Waals surface area contributed by atoms with Crippen molar-refractivity contribution in [3.8, 4) is 0 Å². The predicted molar refractivity (Wildman–Crippen MR) is 22.7 cm³/mol. The van der Waals surface area contributed by atoms with Crippen molar-refractivity contribution in [2.45, 2.75) is 11.1 Å². The van der Waals surface area contributed by atoms with Crippen molar-refractivity contribution >= 4 is 0 Å². The molecule has 0 fully saturated rings. The summed E-state index contributed by atoms with van der Waals surface area (Å²) in [5.74, 6) is 0. The summed E-state index contributed by atoms with van der Waals surface area (Å²) in [4.78, 5) is 0. The van der Waals surface area contributed by atoms with Gasteiger partial charge < -0.3 is 0 Å². The van der Waals surface area contributed by atoms with Crippen molar-refractivity contribution in [3.63, 3.8) is 0 Å². The second-order valence-corrected chi connectivity index (χ2v) is 4.71. The Labute approximate surface area is 48.5 Å². The SMILES string of the molecule is CC[I-]C(N)N. The number of nitrogens with two attached hydrogens (primary N) is 2. The summed E-state index contributed by atoms with van der Waals surface area (Å²) in [7, 11) is 0. The van der Waals surface area contributed by atoms with Gasteiger partial charge in [0.2, 0.25) is 0 Å². The van der Waals surface area contributed by atoms with Gasteiger partial charge in [-0.15, -0.1) is 0 Å². The third kappa shape index (κ3) is 4.65. The van der Waals surface area contributed by atoms with Gasteiger partial charge in [-0.2, -0.15) is 0 Å². The molecule has 0 aromatic rings. The van der Waals surface area contributed by atoms with Crippen LogP contribution >= 0.6 is 0 Å². The summed E-state index contributed by atoms with van der Waals surface area (Å²) in [5, 5.41) is 0. The average Bonchev–Trinajstić information content (AvgIpc) is 1.35. The second kappa shape index (κ2) is 3.83. The van der Waals surface area contributed by atoms with Crippen LogP contribution < -0.4 is 32.7 Å². The van der Waals surface area contributed by atoms with E-state index in [1.54, 1.807) is 0 Å². The van der Waals surface area contributed by atoms with Crippen molar-refractivity contribution in [1.82, 2.24) is 0 Å². The summed E-state index contributed by atoms with van der Waals surface area (Å²) in [6.07, 6.45) is 0. The summed E-state index contributed by atoms with van der Waals surface area (Å²) >= 11 is 0.124. The molecule has 2 nitrogen and oxygen atoms in total. The Kier molecular flexibility index (Phi) is 4.24. The van der Waals surface area contributed by atoms with Gasteiger partial charge in [0.05, 0.1) is 0 Å². The normalized spacial score (nSPS) is 10.7.